The predicted molar refractivity (Wildman–Crippen MR) is 125 cm³/mol. The number of carboxylic acid groups (broad SMARTS) is 1. The maximum atomic E-state index is 13.6. The van der Waals surface area contributed by atoms with E-state index in [1.165, 1.54) is 6.07 Å². The number of carbonyl (C=O) groups excluding carboxylic acids is 2. The quantitative estimate of drug-likeness (QED) is 0.468. The van der Waals surface area contributed by atoms with Gasteiger partial charge in [-0.1, -0.05) is 45.7 Å². The van der Waals surface area contributed by atoms with Crippen LogP contribution in [0.15, 0.2) is 51.4 Å². The summed E-state index contributed by atoms with van der Waals surface area (Å²) in [6.45, 7) is 3.75. The zero-order chi connectivity index (χ0) is 23.4. The fourth-order valence-corrected chi connectivity index (χ4v) is 5.65. The molecule has 2 aromatic carbocycles. The molecule has 0 radical (unpaired) electrons. The average Bonchev–Trinajstić information content (AvgIpc) is 3.19. The predicted octanol–water partition coefficient (Wildman–Crippen LogP) is 4.24. The molecule has 0 bridgehead atoms. The van der Waals surface area contributed by atoms with Crippen molar-refractivity contribution in [1.82, 2.24) is 5.32 Å². The smallest absolute Gasteiger partial charge is 0.324 e. The van der Waals surface area contributed by atoms with Crippen LogP contribution in [0.1, 0.15) is 31.9 Å². The minimum absolute atomic E-state index is 0.0567. The maximum Gasteiger partial charge on any atom is 0.324 e. The monoisotopic (exact) mass is 564 g/mol. The Kier molecular flexibility index (Phi) is 5.94. The molecule has 3 N–H and O–H groups in total. The number of carboxylic acids is 1. The number of anilines is 1. The SMILES string of the molecule is CC(C)C[C@]1(C(=O)O)N[C@H](c2cc(Br)ccc2O)[C@H]2C(=O)N(c3ccc(Br)cc3)C(=O)[C@@H]21. The van der Waals surface area contributed by atoms with Crippen molar-refractivity contribution in [1.29, 1.82) is 0 Å². The highest BCUT2D eigenvalue weighted by Crippen LogP contribution is 2.53. The highest BCUT2D eigenvalue weighted by molar-refractivity contribution is 9.10. The maximum absolute atomic E-state index is 13.6. The second-order valence-corrected chi connectivity index (χ2v) is 10.5. The lowest BCUT2D eigenvalue weighted by Gasteiger charge is -2.32. The van der Waals surface area contributed by atoms with Crippen molar-refractivity contribution in [3.8, 4) is 5.75 Å². The van der Waals surface area contributed by atoms with Crippen molar-refractivity contribution >= 4 is 55.3 Å². The van der Waals surface area contributed by atoms with Crippen molar-refractivity contribution in [3.05, 3.63) is 57.0 Å². The molecular weight excluding hydrogens is 544 g/mol. The van der Waals surface area contributed by atoms with Gasteiger partial charge in [-0.2, -0.15) is 0 Å². The number of hydrogen-bond donors (Lipinski definition) is 3. The summed E-state index contributed by atoms with van der Waals surface area (Å²) in [5, 5.41) is 24.0. The summed E-state index contributed by atoms with van der Waals surface area (Å²) in [4.78, 5) is 41.0. The van der Waals surface area contributed by atoms with Crippen LogP contribution in [0.25, 0.3) is 0 Å². The number of nitrogens with zero attached hydrogens (tertiary/aromatic N) is 1. The minimum atomic E-state index is -1.64. The molecule has 2 heterocycles. The second-order valence-electron chi connectivity index (χ2n) is 8.69. The van der Waals surface area contributed by atoms with Crippen LogP contribution in [0.2, 0.25) is 0 Å². The van der Waals surface area contributed by atoms with Gasteiger partial charge in [-0.25, -0.2) is 4.90 Å². The first-order valence-electron chi connectivity index (χ1n) is 10.2. The summed E-state index contributed by atoms with van der Waals surface area (Å²) in [5.41, 5.74) is -0.881. The zero-order valence-electron chi connectivity index (χ0n) is 17.4. The molecule has 9 heteroatoms. The van der Waals surface area contributed by atoms with E-state index >= 15 is 0 Å². The highest BCUT2D eigenvalue weighted by Gasteiger charge is 2.68. The Balaban J connectivity index is 1.89. The standard InChI is InChI=1S/C23H22Br2N2O5/c1-11(2)10-23(22(31)32)18-17(19(26-23)15-9-13(25)5-8-16(15)28)20(29)27(21(18)30)14-6-3-12(24)4-7-14/h3-9,11,17-19,26,28H,10H2,1-2H3,(H,31,32)/t17-,18+,19+,23-/m0/s1. The molecule has 0 aromatic heterocycles. The molecule has 2 aliphatic rings. The molecule has 2 aromatic rings. The van der Waals surface area contributed by atoms with E-state index in [1.807, 2.05) is 13.8 Å². The summed E-state index contributed by atoms with van der Waals surface area (Å²) in [6, 6.07) is 10.7. The van der Waals surface area contributed by atoms with Crippen LogP contribution in [0.5, 0.6) is 5.75 Å². The normalized spacial score (nSPS) is 27.3. The molecule has 2 amide bonds. The zero-order valence-corrected chi connectivity index (χ0v) is 20.6. The number of imide groups is 1. The molecule has 7 nitrogen and oxygen atoms in total. The molecule has 0 unspecified atom stereocenters. The third-order valence-electron chi connectivity index (χ3n) is 6.18. The van der Waals surface area contributed by atoms with E-state index in [0.717, 1.165) is 9.37 Å². The van der Waals surface area contributed by atoms with Crippen molar-refractivity contribution < 1.29 is 24.6 Å². The third-order valence-corrected chi connectivity index (χ3v) is 7.20. The summed E-state index contributed by atoms with van der Waals surface area (Å²) < 4.78 is 1.46. The molecule has 2 aliphatic heterocycles. The molecule has 0 saturated carbocycles. The van der Waals surface area contributed by atoms with Gasteiger partial charge in [0.25, 0.3) is 0 Å². The van der Waals surface area contributed by atoms with Gasteiger partial charge in [-0.3, -0.25) is 19.7 Å². The van der Waals surface area contributed by atoms with E-state index in [9.17, 15) is 24.6 Å². The van der Waals surface area contributed by atoms with E-state index in [0.29, 0.717) is 15.7 Å². The van der Waals surface area contributed by atoms with E-state index in [4.69, 9.17) is 0 Å². The van der Waals surface area contributed by atoms with E-state index in [-0.39, 0.29) is 18.1 Å². The molecule has 2 fully saturated rings. The van der Waals surface area contributed by atoms with Gasteiger partial charge in [-0.05, 0) is 54.8 Å². The average molecular weight is 566 g/mol. The summed E-state index contributed by atoms with van der Waals surface area (Å²) in [5.74, 6) is -4.42. The van der Waals surface area contributed by atoms with Crippen molar-refractivity contribution in [2.45, 2.75) is 31.8 Å². The molecular formula is C23H22Br2N2O5. The summed E-state index contributed by atoms with van der Waals surface area (Å²) in [7, 11) is 0. The first kappa shape index (κ1) is 22.9. The molecule has 32 heavy (non-hydrogen) atoms. The van der Waals surface area contributed by atoms with Gasteiger partial charge in [-0.15, -0.1) is 0 Å². The van der Waals surface area contributed by atoms with Gasteiger partial charge in [0.1, 0.15) is 11.3 Å². The Labute approximate surface area is 202 Å². The van der Waals surface area contributed by atoms with Crippen LogP contribution in [0.3, 0.4) is 0 Å². The molecule has 0 aliphatic carbocycles. The number of carbonyl (C=O) groups is 3. The lowest BCUT2D eigenvalue weighted by atomic mass is 9.75. The summed E-state index contributed by atoms with van der Waals surface area (Å²) >= 11 is 6.72. The van der Waals surface area contributed by atoms with E-state index in [1.54, 1.807) is 36.4 Å². The second kappa shape index (κ2) is 8.28. The van der Waals surface area contributed by atoms with Gasteiger partial charge in [0.15, 0.2) is 0 Å². The molecule has 0 spiro atoms. The number of benzene rings is 2. The number of amides is 2. The van der Waals surface area contributed by atoms with Crippen molar-refractivity contribution in [2.75, 3.05) is 4.90 Å². The lowest BCUT2D eigenvalue weighted by Crippen LogP contribution is -2.56. The number of nitrogens with one attached hydrogen (secondary N) is 1. The number of phenolic OH excluding ortho intramolecular Hbond substituents is 1. The number of aliphatic carboxylic acids is 1. The lowest BCUT2D eigenvalue weighted by molar-refractivity contribution is -0.149. The fraction of sp³-hybridized carbons (Fsp3) is 0.348. The largest absolute Gasteiger partial charge is 0.508 e. The number of rotatable bonds is 5. The fourth-order valence-electron chi connectivity index (χ4n) is 5.00. The first-order chi connectivity index (χ1) is 15.1. The minimum Gasteiger partial charge on any atom is -0.508 e. The molecule has 2 saturated heterocycles. The van der Waals surface area contributed by atoms with E-state index < -0.39 is 41.2 Å². The Morgan fingerprint density at radius 1 is 1.09 bits per heavy atom. The van der Waals surface area contributed by atoms with Crippen molar-refractivity contribution in [2.24, 2.45) is 17.8 Å². The third kappa shape index (κ3) is 3.56. The van der Waals surface area contributed by atoms with Gasteiger partial charge >= 0.3 is 5.97 Å². The Bertz CT molecular complexity index is 1100. The van der Waals surface area contributed by atoms with Crippen LogP contribution in [-0.4, -0.2) is 33.5 Å². The topological polar surface area (TPSA) is 107 Å². The molecule has 168 valence electrons. The number of hydrogen-bond acceptors (Lipinski definition) is 5. The molecule has 4 rings (SSSR count). The Morgan fingerprint density at radius 3 is 2.31 bits per heavy atom. The highest BCUT2D eigenvalue weighted by atomic mass is 79.9. The number of halogens is 2. The Hall–Kier alpha value is -2.23. The van der Waals surface area contributed by atoms with Gasteiger partial charge in [0.05, 0.1) is 17.5 Å². The van der Waals surface area contributed by atoms with E-state index in [2.05, 4.69) is 37.2 Å². The van der Waals surface area contributed by atoms with Crippen LogP contribution in [-0.2, 0) is 14.4 Å². The summed E-state index contributed by atoms with van der Waals surface area (Å²) in [6.07, 6.45) is 0.155. The van der Waals surface area contributed by atoms with Gasteiger partial charge in [0.2, 0.25) is 11.8 Å². The van der Waals surface area contributed by atoms with Crippen LogP contribution < -0.4 is 10.2 Å². The van der Waals surface area contributed by atoms with Crippen LogP contribution in [0, 0.1) is 17.8 Å². The number of aromatic hydroxyl groups is 1. The number of phenols is 1. The van der Waals surface area contributed by atoms with Gasteiger partial charge < -0.3 is 10.2 Å². The van der Waals surface area contributed by atoms with Gasteiger partial charge in [0, 0.05) is 20.6 Å². The number of fused-ring (bicyclic) bond motifs is 1. The van der Waals surface area contributed by atoms with Crippen LogP contribution in [0.4, 0.5) is 5.69 Å². The Morgan fingerprint density at radius 2 is 1.72 bits per heavy atom. The molecule has 4 atom stereocenters. The van der Waals surface area contributed by atoms with Crippen molar-refractivity contribution in [3.63, 3.8) is 0 Å². The van der Waals surface area contributed by atoms with Crippen LogP contribution >= 0.6 is 31.9 Å². The first-order valence-corrected chi connectivity index (χ1v) is 11.8.